The standard InChI is InChI=1S/C22H24ClN3O2/c1-24-20-8-7-19(15-17(20)4-9-21(24)27)25-10-12-26(13-11-25)22(28)14-16-2-5-18(23)6-3-16/h2-3,5-8,15H,4,9-14H2,1H3. The molecular formula is C22H24ClN3O2. The van der Waals surface area contributed by atoms with Crippen LogP contribution in [0, 0.1) is 0 Å². The summed E-state index contributed by atoms with van der Waals surface area (Å²) in [5.74, 6) is 0.334. The number of halogens is 1. The molecule has 2 amide bonds. The zero-order valence-electron chi connectivity index (χ0n) is 16.0. The van der Waals surface area contributed by atoms with Gasteiger partial charge < -0.3 is 14.7 Å². The molecule has 1 fully saturated rings. The van der Waals surface area contributed by atoms with E-state index in [-0.39, 0.29) is 11.8 Å². The lowest BCUT2D eigenvalue weighted by atomic mass is 10.0. The molecule has 0 aliphatic carbocycles. The van der Waals surface area contributed by atoms with Gasteiger partial charge in [0.2, 0.25) is 11.8 Å². The Kier molecular flexibility index (Phi) is 5.27. The Morgan fingerprint density at radius 3 is 2.43 bits per heavy atom. The van der Waals surface area contributed by atoms with Crippen LogP contribution in [0.4, 0.5) is 11.4 Å². The monoisotopic (exact) mass is 397 g/mol. The normalized spacial score (nSPS) is 16.9. The molecule has 2 aliphatic rings. The molecule has 0 radical (unpaired) electrons. The van der Waals surface area contributed by atoms with Crippen LogP contribution in [0.25, 0.3) is 0 Å². The number of amides is 2. The van der Waals surface area contributed by atoms with E-state index in [1.165, 1.54) is 11.3 Å². The molecule has 0 bridgehead atoms. The summed E-state index contributed by atoms with van der Waals surface area (Å²) in [6, 6.07) is 13.8. The van der Waals surface area contributed by atoms with Crippen LogP contribution in [-0.4, -0.2) is 49.9 Å². The third-order valence-electron chi connectivity index (χ3n) is 5.67. The van der Waals surface area contributed by atoms with E-state index >= 15 is 0 Å². The van der Waals surface area contributed by atoms with Gasteiger partial charge in [-0.1, -0.05) is 23.7 Å². The molecule has 0 saturated carbocycles. The van der Waals surface area contributed by atoms with Gasteiger partial charge in [-0.25, -0.2) is 0 Å². The second-order valence-corrected chi connectivity index (χ2v) is 7.87. The Morgan fingerprint density at radius 2 is 1.71 bits per heavy atom. The summed E-state index contributed by atoms with van der Waals surface area (Å²) in [6.45, 7) is 3.09. The van der Waals surface area contributed by atoms with Crippen LogP contribution in [-0.2, 0) is 22.4 Å². The molecule has 6 heteroatoms. The molecule has 1 saturated heterocycles. The topological polar surface area (TPSA) is 43.9 Å². The number of nitrogens with zero attached hydrogens (tertiary/aromatic N) is 3. The molecule has 4 rings (SSSR count). The van der Waals surface area contributed by atoms with Gasteiger partial charge in [0.15, 0.2) is 0 Å². The zero-order chi connectivity index (χ0) is 19.7. The lowest BCUT2D eigenvalue weighted by Crippen LogP contribution is -2.49. The van der Waals surface area contributed by atoms with E-state index in [0.717, 1.165) is 43.9 Å². The van der Waals surface area contributed by atoms with Crippen molar-refractivity contribution in [1.29, 1.82) is 0 Å². The number of carbonyl (C=O) groups is 2. The summed E-state index contributed by atoms with van der Waals surface area (Å²) < 4.78 is 0. The predicted octanol–water partition coefficient (Wildman–Crippen LogP) is 3.14. The summed E-state index contributed by atoms with van der Waals surface area (Å²) in [4.78, 5) is 30.5. The van der Waals surface area contributed by atoms with Crippen LogP contribution in [0.1, 0.15) is 17.5 Å². The Balaban J connectivity index is 1.37. The SMILES string of the molecule is CN1C(=O)CCc2cc(N3CCN(C(=O)Cc4ccc(Cl)cc4)CC3)ccc21. The Hall–Kier alpha value is -2.53. The molecule has 5 nitrogen and oxygen atoms in total. The Bertz CT molecular complexity index is 889. The van der Waals surface area contributed by atoms with Gasteiger partial charge >= 0.3 is 0 Å². The van der Waals surface area contributed by atoms with Gasteiger partial charge in [-0.15, -0.1) is 0 Å². The maximum absolute atomic E-state index is 12.6. The average Bonchev–Trinajstić information content (AvgIpc) is 2.72. The minimum atomic E-state index is 0.160. The van der Waals surface area contributed by atoms with Crippen molar-refractivity contribution in [1.82, 2.24) is 4.90 Å². The van der Waals surface area contributed by atoms with E-state index in [9.17, 15) is 9.59 Å². The largest absolute Gasteiger partial charge is 0.368 e. The summed E-state index contributed by atoms with van der Waals surface area (Å²) in [5, 5.41) is 0.686. The maximum atomic E-state index is 12.6. The first-order valence-corrected chi connectivity index (χ1v) is 10.1. The van der Waals surface area contributed by atoms with Crippen LogP contribution in [0.2, 0.25) is 5.02 Å². The molecule has 2 aromatic carbocycles. The van der Waals surface area contributed by atoms with E-state index in [1.807, 2.05) is 42.3 Å². The van der Waals surface area contributed by atoms with E-state index in [0.29, 0.717) is 17.9 Å². The lowest BCUT2D eigenvalue weighted by Gasteiger charge is -2.37. The fraction of sp³-hybridized carbons (Fsp3) is 0.364. The van der Waals surface area contributed by atoms with Crippen LogP contribution in [0.15, 0.2) is 42.5 Å². The molecule has 146 valence electrons. The maximum Gasteiger partial charge on any atom is 0.227 e. The predicted molar refractivity (Wildman–Crippen MR) is 112 cm³/mol. The highest BCUT2D eigenvalue weighted by atomic mass is 35.5. The quantitative estimate of drug-likeness (QED) is 0.799. The van der Waals surface area contributed by atoms with Crippen molar-refractivity contribution in [3.05, 3.63) is 58.6 Å². The molecule has 0 atom stereocenters. The molecule has 2 aliphatic heterocycles. The molecule has 0 spiro atoms. The summed E-state index contributed by atoms with van der Waals surface area (Å²) in [6.07, 6.45) is 1.78. The third kappa shape index (κ3) is 3.85. The van der Waals surface area contributed by atoms with Gasteiger partial charge in [0, 0.05) is 56.0 Å². The number of fused-ring (bicyclic) bond motifs is 1. The van der Waals surface area contributed by atoms with Gasteiger partial charge in [0.1, 0.15) is 0 Å². The smallest absolute Gasteiger partial charge is 0.227 e. The van der Waals surface area contributed by atoms with Gasteiger partial charge in [0.25, 0.3) is 0 Å². The lowest BCUT2D eigenvalue weighted by molar-refractivity contribution is -0.130. The van der Waals surface area contributed by atoms with Gasteiger partial charge in [-0.3, -0.25) is 9.59 Å². The minimum absolute atomic E-state index is 0.160. The molecule has 2 aromatic rings. The van der Waals surface area contributed by atoms with Crippen LogP contribution in [0.5, 0.6) is 0 Å². The van der Waals surface area contributed by atoms with E-state index < -0.39 is 0 Å². The second-order valence-electron chi connectivity index (χ2n) is 7.44. The number of hydrogen-bond acceptors (Lipinski definition) is 3. The number of carbonyl (C=O) groups excluding carboxylic acids is 2. The molecular weight excluding hydrogens is 374 g/mol. The van der Waals surface area contributed by atoms with Crippen LogP contribution in [0.3, 0.4) is 0 Å². The van der Waals surface area contributed by atoms with Gasteiger partial charge in [0.05, 0.1) is 6.42 Å². The first kappa shape index (κ1) is 18.8. The van der Waals surface area contributed by atoms with E-state index in [2.05, 4.69) is 17.0 Å². The first-order valence-electron chi connectivity index (χ1n) is 9.68. The number of rotatable bonds is 3. The number of hydrogen-bond donors (Lipinski definition) is 0. The summed E-state index contributed by atoms with van der Waals surface area (Å²) in [7, 11) is 1.84. The summed E-state index contributed by atoms with van der Waals surface area (Å²) in [5.41, 5.74) is 4.40. The van der Waals surface area contributed by atoms with Crippen molar-refractivity contribution in [3.8, 4) is 0 Å². The third-order valence-corrected chi connectivity index (χ3v) is 5.92. The Labute approximate surface area is 170 Å². The van der Waals surface area contributed by atoms with Crippen molar-refractivity contribution in [2.45, 2.75) is 19.3 Å². The number of aryl methyl sites for hydroxylation is 1. The number of piperazine rings is 1. The van der Waals surface area contributed by atoms with Crippen molar-refractivity contribution in [3.63, 3.8) is 0 Å². The Morgan fingerprint density at radius 1 is 1.00 bits per heavy atom. The highest BCUT2D eigenvalue weighted by Gasteiger charge is 2.24. The van der Waals surface area contributed by atoms with E-state index in [1.54, 1.807) is 4.90 Å². The molecule has 0 unspecified atom stereocenters. The highest BCUT2D eigenvalue weighted by Crippen LogP contribution is 2.31. The number of anilines is 2. The van der Waals surface area contributed by atoms with E-state index in [4.69, 9.17) is 11.6 Å². The molecule has 0 aromatic heterocycles. The van der Waals surface area contributed by atoms with Crippen molar-refractivity contribution in [2.75, 3.05) is 43.0 Å². The van der Waals surface area contributed by atoms with Gasteiger partial charge in [-0.2, -0.15) is 0 Å². The van der Waals surface area contributed by atoms with Crippen molar-refractivity contribution >= 4 is 34.8 Å². The highest BCUT2D eigenvalue weighted by molar-refractivity contribution is 6.30. The van der Waals surface area contributed by atoms with Crippen LogP contribution < -0.4 is 9.80 Å². The number of benzene rings is 2. The minimum Gasteiger partial charge on any atom is -0.368 e. The molecule has 2 heterocycles. The van der Waals surface area contributed by atoms with Crippen LogP contribution >= 0.6 is 11.6 Å². The molecule has 0 N–H and O–H groups in total. The summed E-state index contributed by atoms with van der Waals surface area (Å²) >= 11 is 5.91. The first-order chi connectivity index (χ1) is 13.5. The fourth-order valence-corrected chi connectivity index (χ4v) is 4.07. The molecule has 28 heavy (non-hydrogen) atoms. The fourth-order valence-electron chi connectivity index (χ4n) is 3.94. The average molecular weight is 398 g/mol. The zero-order valence-corrected chi connectivity index (χ0v) is 16.8. The van der Waals surface area contributed by atoms with Gasteiger partial charge in [-0.05, 0) is 47.9 Å². The second kappa shape index (κ2) is 7.84. The van der Waals surface area contributed by atoms with Crippen molar-refractivity contribution < 1.29 is 9.59 Å². The van der Waals surface area contributed by atoms with Crippen molar-refractivity contribution in [2.24, 2.45) is 0 Å².